The molecular weight excluding hydrogens is 244 g/mol. The van der Waals surface area contributed by atoms with Crippen molar-refractivity contribution in [2.45, 2.75) is 25.9 Å². The van der Waals surface area contributed by atoms with Gasteiger partial charge in [-0.15, -0.1) is 0 Å². The first kappa shape index (κ1) is 15.2. The van der Waals surface area contributed by atoms with Crippen LogP contribution in [0.1, 0.15) is 25.8 Å². The van der Waals surface area contributed by atoms with Gasteiger partial charge >= 0.3 is 5.97 Å². The van der Waals surface area contributed by atoms with Crippen LogP contribution in [-0.2, 0) is 9.53 Å². The molecule has 104 valence electrons. The quantitative estimate of drug-likeness (QED) is 0.769. The number of rotatable bonds is 7. The smallest absolute Gasteiger partial charge is 0.328 e. The molecule has 0 spiro atoms. The predicted octanol–water partition coefficient (Wildman–Crippen LogP) is 2.98. The van der Waals surface area contributed by atoms with Gasteiger partial charge in [0.05, 0.1) is 12.2 Å². The molecule has 0 saturated carbocycles. The normalized spacial score (nSPS) is 11.7. The minimum Gasteiger partial charge on any atom is -0.493 e. The summed E-state index contributed by atoms with van der Waals surface area (Å²) in [6.07, 6.45) is 3.45. The fraction of sp³-hybridized carbons (Fsp3) is 0.400. The van der Waals surface area contributed by atoms with Gasteiger partial charge in [0.25, 0.3) is 0 Å². The van der Waals surface area contributed by atoms with Crippen molar-refractivity contribution in [1.29, 1.82) is 0 Å². The van der Waals surface area contributed by atoms with Crippen LogP contribution in [0.3, 0.4) is 0 Å². The Bertz CT molecular complexity index is 432. The standard InChI is InChI=1S/C15H20O4/c1-15(2,18-3)10-11-19-13-7-4-12(5-8-13)6-9-14(16)17/h4-9H,10-11H2,1-3H3,(H,16,17)/b9-6+. The van der Waals surface area contributed by atoms with Crippen molar-refractivity contribution in [3.05, 3.63) is 35.9 Å². The topological polar surface area (TPSA) is 55.8 Å². The van der Waals surface area contributed by atoms with E-state index in [0.717, 1.165) is 23.8 Å². The van der Waals surface area contributed by atoms with Crippen molar-refractivity contribution in [2.75, 3.05) is 13.7 Å². The zero-order valence-electron chi connectivity index (χ0n) is 11.6. The van der Waals surface area contributed by atoms with Crippen molar-refractivity contribution in [3.63, 3.8) is 0 Å². The minimum atomic E-state index is -0.956. The molecule has 0 atom stereocenters. The van der Waals surface area contributed by atoms with Crippen LogP contribution in [0.2, 0.25) is 0 Å². The molecule has 0 aliphatic heterocycles. The highest BCUT2D eigenvalue weighted by atomic mass is 16.5. The van der Waals surface area contributed by atoms with E-state index >= 15 is 0 Å². The molecule has 1 aromatic rings. The minimum absolute atomic E-state index is 0.190. The van der Waals surface area contributed by atoms with E-state index in [-0.39, 0.29) is 5.60 Å². The third-order valence-corrected chi connectivity index (χ3v) is 2.82. The largest absolute Gasteiger partial charge is 0.493 e. The number of carboxylic acids is 1. The monoisotopic (exact) mass is 264 g/mol. The summed E-state index contributed by atoms with van der Waals surface area (Å²) in [7, 11) is 1.68. The second-order valence-corrected chi connectivity index (χ2v) is 4.80. The first-order valence-electron chi connectivity index (χ1n) is 6.12. The second kappa shape index (κ2) is 6.95. The summed E-state index contributed by atoms with van der Waals surface area (Å²) in [6, 6.07) is 7.27. The summed E-state index contributed by atoms with van der Waals surface area (Å²) in [5, 5.41) is 8.52. The van der Waals surface area contributed by atoms with E-state index in [1.807, 2.05) is 38.1 Å². The Labute approximate surface area is 113 Å². The molecule has 1 N–H and O–H groups in total. The number of hydrogen-bond donors (Lipinski definition) is 1. The first-order valence-corrected chi connectivity index (χ1v) is 6.12. The zero-order chi connectivity index (χ0) is 14.3. The van der Waals surface area contributed by atoms with Crippen molar-refractivity contribution >= 4 is 12.0 Å². The van der Waals surface area contributed by atoms with Crippen molar-refractivity contribution in [3.8, 4) is 5.75 Å². The average molecular weight is 264 g/mol. The van der Waals surface area contributed by atoms with Gasteiger partial charge in [-0.1, -0.05) is 12.1 Å². The lowest BCUT2D eigenvalue weighted by molar-refractivity contribution is -0.131. The maximum absolute atomic E-state index is 10.4. The van der Waals surface area contributed by atoms with E-state index < -0.39 is 5.97 Å². The molecule has 0 aliphatic rings. The van der Waals surface area contributed by atoms with Gasteiger partial charge in [-0.3, -0.25) is 0 Å². The van der Waals surface area contributed by atoms with Gasteiger partial charge in [-0.05, 0) is 37.6 Å². The molecule has 0 saturated heterocycles. The van der Waals surface area contributed by atoms with E-state index in [1.54, 1.807) is 13.2 Å². The number of ether oxygens (including phenoxy) is 2. The van der Waals surface area contributed by atoms with Crippen molar-refractivity contribution < 1.29 is 19.4 Å². The Balaban J connectivity index is 2.47. The van der Waals surface area contributed by atoms with Crippen LogP contribution in [-0.4, -0.2) is 30.4 Å². The van der Waals surface area contributed by atoms with Crippen LogP contribution in [0.5, 0.6) is 5.75 Å². The molecule has 0 bridgehead atoms. The summed E-state index contributed by atoms with van der Waals surface area (Å²) in [5.41, 5.74) is 0.636. The molecule has 4 heteroatoms. The Morgan fingerprint density at radius 1 is 1.32 bits per heavy atom. The van der Waals surface area contributed by atoms with Crippen LogP contribution in [0.25, 0.3) is 6.08 Å². The van der Waals surface area contributed by atoms with Crippen LogP contribution in [0, 0.1) is 0 Å². The highest BCUT2D eigenvalue weighted by molar-refractivity contribution is 5.85. The van der Waals surface area contributed by atoms with Gasteiger partial charge in [0.1, 0.15) is 5.75 Å². The van der Waals surface area contributed by atoms with Crippen LogP contribution < -0.4 is 4.74 Å². The number of carbonyl (C=O) groups is 1. The average Bonchev–Trinajstić information content (AvgIpc) is 2.37. The lowest BCUT2D eigenvalue weighted by atomic mass is 10.1. The fourth-order valence-corrected chi connectivity index (χ4v) is 1.36. The molecule has 0 unspecified atom stereocenters. The maximum Gasteiger partial charge on any atom is 0.328 e. The Kier molecular flexibility index (Phi) is 5.57. The van der Waals surface area contributed by atoms with E-state index in [1.165, 1.54) is 0 Å². The molecule has 19 heavy (non-hydrogen) atoms. The van der Waals surface area contributed by atoms with Crippen LogP contribution in [0.15, 0.2) is 30.3 Å². The zero-order valence-corrected chi connectivity index (χ0v) is 11.6. The number of aliphatic carboxylic acids is 1. The number of hydrogen-bond acceptors (Lipinski definition) is 3. The van der Waals surface area contributed by atoms with Gasteiger partial charge in [-0.2, -0.15) is 0 Å². The summed E-state index contributed by atoms with van der Waals surface area (Å²) in [4.78, 5) is 10.4. The van der Waals surface area contributed by atoms with Crippen molar-refractivity contribution in [2.24, 2.45) is 0 Å². The lowest BCUT2D eigenvalue weighted by Crippen LogP contribution is -2.25. The van der Waals surface area contributed by atoms with Crippen LogP contribution in [0.4, 0.5) is 0 Å². The van der Waals surface area contributed by atoms with Crippen LogP contribution >= 0.6 is 0 Å². The number of methoxy groups -OCH3 is 1. The fourth-order valence-electron chi connectivity index (χ4n) is 1.36. The van der Waals surface area contributed by atoms with Crippen molar-refractivity contribution in [1.82, 2.24) is 0 Å². The number of carboxylic acid groups (broad SMARTS) is 1. The van der Waals surface area contributed by atoms with Gasteiger partial charge in [0.2, 0.25) is 0 Å². The van der Waals surface area contributed by atoms with Gasteiger partial charge in [0.15, 0.2) is 0 Å². The molecule has 1 rings (SSSR count). The predicted molar refractivity (Wildman–Crippen MR) is 74.3 cm³/mol. The SMILES string of the molecule is COC(C)(C)CCOc1ccc(/C=C/C(=O)O)cc1. The van der Waals surface area contributed by atoms with E-state index in [2.05, 4.69) is 0 Å². The molecule has 0 fully saturated rings. The molecule has 0 aliphatic carbocycles. The third kappa shape index (κ3) is 6.06. The highest BCUT2D eigenvalue weighted by Crippen LogP contribution is 2.16. The molecular formula is C15H20O4. The summed E-state index contributed by atoms with van der Waals surface area (Å²) in [5.74, 6) is -0.193. The molecule has 4 nitrogen and oxygen atoms in total. The first-order chi connectivity index (χ1) is 8.93. The Morgan fingerprint density at radius 2 is 1.95 bits per heavy atom. The van der Waals surface area contributed by atoms with E-state index in [9.17, 15) is 4.79 Å². The molecule has 0 radical (unpaired) electrons. The molecule has 0 aromatic heterocycles. The molecule has 0 heterocycles. The van der Waals surface area contributed by atoms with E-state index in [0.29, 0.717) is 6.61 Å². The van der Waals surface area contributed by atoms with Gasteiger partial charge in [-0.25, -0.2) is 4.79 Å². The lowest BCUT2D eigenvalue weighted by Gasteiger charge is -2.22. The van der Waals surface area contributed by atoms with E-state index in [4.69, 9.17) is 14.6 Å². The molecule has 0 amide bonds. The molecule has 1 aromatic carbocycles. The number of benzene rings is 1. The maximum atomic E-state index is 10.4. The summed E-state index contributed by atoms with van der Waals surface area (Å²) in [6.45, 7) is 4.59. The van der Waals surface area contributed by atoms with Gasteiger partial charge in [0, 0.05) is 19.6 Å². The van der Waals surface area contributed by atoms with Gasteiger partial charge < -0.3 is 14.6 Å². The highest BCUT2D eigenvalue weighted by Gasteiger charge is 2.15. The Morgan fingerprint density at radius 3 is 2.47 bits per heavy atom. The third-order valence-electron chi connectivity index (χ3n) is 2.82. The Hall–Kier alpha value is -1.81. The summed E-state index contributed by atoms with van der Waals surface area (Å²) >= 11 is 0. The summed E-state index contributed by atoms with van der Waals surface area (Å²) < 4.78 is 10.9. The second-order valence-electron chi connectivity index (χ2n) is 4.80.